The summed E-state index contributed by atoms with van der Waals surface area (Å²) in [5, 5.41) is 3.38. The summed E-state index contributed by atoms with van der Waals surface area (Å²) in [7, 11) is 0. The zero-order chi connectivity index (χ0) is 14.8. The van der Waals surface area contributed by atoms with Crippen molar-refractivity contribution in [3.63, 3.8) is 0 Å². The maximum Gasteiger partial charge on any atom is 0.256 e. The number of nitrogens with zero attached hydrogens (tertiary/aromatic N) is 1. The highest BCUT2D eigenvalue weighted by Crippen LogP contribution is 2.36. The molecule has 4 heteroatoms. The van der Waals surface area contributed by atoms with Crippen molar-refractivity contribution in [2.24, 2.45) is 5.92 Å². The number of carbonyl (C=O) groups is 1. The van der Waals surface area contributed by atoms with E-state index in [1.54, 1.807) is 0 Å². The Labute approximate surface area is 126 Å². The first-order valence-corrected chi connectivity index (χ1v) is 7.93. The van der Waals surface area contributed by atoms with Crippen molar-refractivity contribution in [2.75, 3.05) is 19.6 Å². The molecule has 114 valence electrons. The Morgan fingerprint density at radius 2 is 2.00 bits per heavy atom. The van der Waals surface area contributed by atoms with Crippen molar-refractivity contribution in [1.29, 1.82) is 0 Å². The summed E-state index contributed by atoms with van der Waals surface area (Å²) in [5.41, 5.74) is 1.82. The van der Waals surface area contributed by atoms with E-state index in [2.05, 4.69) is 5.32 Å². The third kappa shape index (κ3) is 2.97. The van der Waals surface area contributed by atoms with Crippen LogP contribution in [-0.2, 0) is 4.74 Å². The van der Waals surface area contributed by atoms with Crippen LogP contribution < -0.4 is 5.32 Å². The second-order valence-electron chi connectivity index (χ2n) is 6.28. The second kappa shape index (κ2) is 6.16. The molecule has 0 saturated carbocycles. The van der Waals surface area contributed by atoms with Crippen LogP contribution in [0.4, 0.5) is 0 Å². The van der Waals surface area contributed by atoms with Gasteiger partial charge in [0.25, 0.3) is 5.91 Å². The van der Waals surface area contributed by atoms with E-state index < -0.39 is 0 Å². The fraction of sp³-hybridized carbons (Fsp3) is 0.588. The average Bonchev–Trinajstić information content (AvgIpc) is 2.74. The molecule has 1 aromatic rings. The van der Waals surface area contributed by atoms with Gasteiger partial charge >= 0.3 is 0 Å². The molecule has 3 rings (SSSR count). The number of rotatable bonds is 4. The Morgan fingerprint density at radius 3 is 2.71 bits per heavy atom. The summed E-state index contributed by atoms with van der Waals surface area (Å²) >= 11 is 0. The number of nitrogens with one attached hydrogen (secondary N) is 1. The van der Waals surface area contributed by atoms with Crippen LogP contribution in [0.3, 0.4) is 0 Å². The van der Waals surface area contributed by atoms with E-state index in [1.807, 2.05) is 43.0 Å². The summed E-state index contributed by atoms with van der Waals surface area (Å²) in [6, 6.07) is 7.84. The van der Waals surface area contributed by atoms with Gasteiger partial charge in [-0.15, -0.1) is 0 Å². The predicted octanol–water partition coefficient (Wildman–Crippen LogP) is 2.57. The van der Waals surface area contributed by atoms with Crippen molar-refractivity contribution >= 4 is 5.91 Å². The van der Waals surface area contributed by atoms with E-state index in [0.29, 0.717) is 5.92 Å². The third-order valence-corrected chi connectivity index (χ3v) is 4.32. The maximum absolute atomic E-state index is 12.7. The molecule has 2 aliphatic heterocycles. The van der Waals surface area contributed by atoms with E-state index in [1.165, 1.54) is 0 Å². The van der Waals surface area contributed by atoms with Gasteiger partial charge in [-0.25, -0.2) is 0 Å². The Hall–Kier alpha value is -1.39. The number of carbonyl (C=O) groups excluding carboxylic acids is 1. The SMILES string of the molecule is CC(C)OC1c2ccccc2C(=O)N1CC1CCNCC1. The Kier molecular flexibility index (Phi) is 4.27. The van der Waals surface area contributed by atoms with E-state index >= 15 is 0 Å². The molecule has 0 aromatic heterocycles. The molecule has 1 aromatic carbocycles. The Bertz CT molecular complexity index is 509. The Morgan fingerprint density at radius 1 is 1.29 bits per heavy atom. The van der Waals surface area contributed by atoms with Gasteiger partial charge in [-0.3, -0.25) is 4.79 Å². The molecule has 2 heterocycles. The molecule has 1 atom stereocenters. The van der Waals surface area contributed by atoms with E-state index in [4.69, 9.17) is 4.74 Å². The normalized spacial score (nSPS) is 22.9. The molecule has 1 N–H and O–H groups in total. The lowest BCUT2D eigenvalue weighted by atomic mass is 9.97. The fourth-order valence-electron chi connectivity index (χ4n) is 3.26. The maximum atomic E-state index is 12.7. The van der Waals surface area contributed by atoms with Crippen molar-refractivity contribution in [2.45, 2.75) is 39.0 Å². The molecule has 0 spiro atoms. The van der Waals surface area contributed by atoms with Gasteiger partial charge in [-0.05, 0) is 51.8 Å². The molecule has 1 fully saturated rings. The highest BCUT2D eigenvalue weighted by atomic mass is 16.5. The minimum absolute atomic E-state index is 0.101. The lowest BCUT2D eigenvalue weighted by Gasteiger charge is -2.32. The van der Waals surface area contributed by atoms with Gasteiger partial charge in [0.05, 0.1) is 6.10 Å². The number of amides is 1. The summed E-state index contributed by atoms with van der Waals surface area (Å²) in [6.07, 6.45) is 2.15. The van der Waals surface area contributed by atoms with Crippen LogP contribution in [0.2, 0.25) is 0 Å². The number of fused-ring (bicyclic) bond motifs is 1. The van der Waals surface area contributed by atoms with Crippen LogP contribution in [0.25, 0.3) is 0 Å². The molecule has 21 heavy (non-hydrogen) atoms. The van der Waals surface area contributed by atoms with Crippen LogP contribution in [0, 0.1) is 5.92 Å². The second-order valence-corrected chi connectivity index (χ2v) is 6.28. The monoisotopic (exact) mass is 288 g/mol. The van der Waals surface area contributed by atoms with Crippen LogP contribution in [0.15, 0.2) is 24.3 Å². The quantitative estimate of drug-likeness (QED) is 0.926. The Balaban J connectivity index is 1.82. The van der Waals surface area contributed by atoms with Crippen LogP contribution in [-0.4, -0.2) is 36.5 Å². The minimum atomic E-state index is -0.219. The minimum Gasteiger partial charge on any atom is -0.351 e. The number of benzene rings is 1. The topological polar surface area (TPSA) is 41.6 Å². The van der Waals surface area contributed by atoms with Crippen molar-refractivity contribution in [1.82, 2.24) is 10.2 Å². The van der Waals surface area contributed by atoms with Gasteiger partial charge < -0.3 is 15.0 Å². The molecule has 1 saturated heterocycles. The summed E-state index contributed by atoms with van der Waals surface area (Å²) in [5.74, 6) is 0.692. The highest BCUT2D eigenvalue weighted by Gasteiger charge is 2.38. The molecule has 4 nitrogen and oxygen atoms in total. The zero-order valence-electron chi connectivity index (χ0n) is 12.8. The molecule has 1 unspecified atom stereocenters. The van der Waals surface area contributed by atoms with Gasteiger partial charge in [-0.2, -0.15) is 0 Å². The first kappa shape index (κ1) is 14.5. The van der Waals surface area contributed by atoms with Crippen molar-refractivity contribution in [3.8, 4) is 0 Å². The van der Waals surface area contributed by atoms with Crippen molar-refractivity contribution in [3.05, 3.63) is 35.4 Å². The van der Waals surface area contributed by atoms with Crippen molar-refractivity contribution < 1.29 is 9.53 Å². The average molecular weight is 288 g/mol. The number of hydrogen-bond acceptors (Lipinski definition) is 3. The molecule has 0 bridgehead atoms. The standard InChI is InChI=1S/C17H24N2O2/c1-12(2)21-17-15-6-4-3-5-14(15)16(20)19(17)11-13-7-9-18-10-8-13/h3-6,12-13,17-18H,7-11H2,1-2H3. The molecular weight excluding hydrogens is 264 g/mol. The highest BCUT2D eigenvalue weighted by molar-refractivity contribution is 5.98. The zero-order valence-corrected chi connectivity index (χ0v) is 12.8. The predicted molar refractivity (Wildman–Crippen MR) is 82.0 cm³/mol. The lowest BCUT2D eigenvalue weighted by molar-refractivity contribution is -0.0736. The summed E-state index contributed by atoms with van der Waals surface area (Å²) < 4.78 is 6.05. The molecular formula is C17H24N2O2. The molecule has 1 amide bonds. The van der Waals surface area contributed by atoms with Gasteiger partial charge in [0, 0.05) is 17.7 Å². The number of hydrogen-bond donors (Lipinski definition) is 1. The number of ether oxygens (including phenoxy) is 1. The largest absolute Gasteiger partial charge is 0.351 e. The molecule has 0 radical (unpaired) electrons. The van der Waals surface area contributed by atoms with Gasteiger partial charge in [0.15, 0.2) is 6.23 Å². The molecule has 2 aliphatic rings. The van der Waals surface area contributed by atoms with Crippen LogP contribution in [0.5, 0.6) is 0 Å². The van der Waals surface area contributed by atoms with Crippen LogP contribution >= 0.6 is 0 Å². The third-order valence-electron chi connectivity index (χ3n) is 4.32. The summed E-state index contributed by atoms with van der Waals surface area (Å²) in [4.78, 5) is 14.6. The van der Waals surface area contributed by atoms with Crippen LogP contribution in [0.1, 0.15) is 48.8 Å². The van der Waals surface area contributed by atoms with E-state index in [9.17, 15) is 4.79 Å². The van der Waals surface area contributed by atoms with Gasteiger partial charge in [0.1, 0.15) is 0 Å². The van der Waals surface area contributed by atoms with Gasteiger partial charge in [-0.1, -0.05) is 18.2 Å². The van der Waals surface area contributed by atoms with Gasteiger partial charge in [0.2, 0.25) is 0 Å². The summed E-state index contributed by atoms with van der Waals surface area (Å²) in [6.45, 7) is 6.94. The van der Waals surface area contributed by atoms with E-state index in [0.717, 1.165) is 43.6 Å². The fourth-order valence-corrected chi connectivity index (χ4v) is 3.26. The number of piperidine rings is 1. The first-order chi connectivity index (χ1) is 10.2. The van der Waals surface area contributed by atoms with E-state index in [-0.39, 0.29) is 18.2 Å². The first-order valence-electron chi connectivity index (χ1n) is 7.93. The molecule has 0 aliphatic carbocycles. The lowest BCUT2D eigenvalue weighted by Crippen LogP contribution is -2.39. The smallest absolute Gasteiger partial charge is 0.256 e.